The second-order valence-electron chi connectivity index (χ2n) is 13.3. The Kier molecular flexibility index (Phi) is 14.1. The fourth-order valence-corrected chi connectivity index (χ4v) is 3.69. The van der Waals surface area contributed by atoms with Crippen LogP contribution in [0.3, 0.4) is 0 Å². The van der Waals surface area contributed by atoms with Gasteiger partial charge in [-0.3, -0.25) is 14.4 Å². The molecule has 1 fully saturated rings. The zero-order valence-corrected chi connectivity index (χ0v) is 27.2. The molecule has 0 aromatic heterocycles. The number of amides is 5. The Bertz CT molecular complexity index is 1050. The van der Waals surface area contributed by atoms with Crippen molar-refractivity contribution >= 4 is 41.8 Å². The van der Waals surface area contributed by atoms with E-state index >= 15 is 0 Å². The number of carbonyl (C=O) groups excluding carboxylic acids is 7. The first-order valence-electron chi connectivity index (χ1n) is 14.6. The zero-order chi connectivity index (χ0) is 33.9. The highest BCUT2D eigenvalue weighted by Gasteiger charge is 2.33. The van der Waals surface area contributed by atoms with Crippen LogP contribution in [0, 0.1) is 0 Å². The summed E-state index contributed by atoms with van der Waals surface area (Å²) in [6, 6.07) is -3.20. The van der Waals surface area contributed by atoms with E-state index in [1.165, 1.54) is 0 Å². The van der Waals surface area contributed by atoms with Crippen molar-refractivity contribution in [2.24, 2.45) is 0 Å². The van der Waals surface area contributed by atoms with Gasteiger partial charge in [0, 0.05) is 25.8 Å². The summed E-state index contributed by atoms with van der Waals surface area (Å²) in [6.07, 6.45) is -0.526. The van der Waals surface area contributed by atoms with Gasteiger partial charge in [0.15, 0.2) is 0 Å². The Morgan fingerprint density at radius 2 is 1.16 bits per heavy atom. The van der Waals surface area contributed by atoms with Crippen LogP contribution in [0.1, 0.15) is 107 Å². The molecule has 0 spiro atoms. The maximum Gasteiger partial charge on any atom is 0.432 e. The van der Waals surface area contributed by atoms with Crippen molar-refractivity contribution < 1.29 is 52.6 Å². The minimum Gasteiger partial charge on any atom is -0.460 e. The molecule has 1 rings (SSSR count). The van der Waals surface area contributed by atoms with E-state index in [-0.39, 0.29) is 38.6 Å². The van der Waals surface area contributed by atoms with Crippen LogP contribution >= 0.6 is 0 Å². The second-order valence-corrected chi connectivity index (χ2v) is 13.3. The van der Waals surface area contributed by atoms with Crippen molar-refractivity contribution in [1.82, 2.24) is 21.0 Å². The third-order valence-corrected chi connectivity index (χ3v) is 5.42. The van der Waals surface area contributed by atoms with Crippen LogP contribution < -0.4 is 16.0 Å². The normalized spacial score (nSPS) is 15.2. The van der Waals surface area contributed by atoms with Gasteiger partial charge in [-0.1, -0.05) is 0 Å². The first-order valence-corrected chi connectivity index (χ1v) is 14.6. The van der Waals surface area contributed by atoms with Gasteiger partial charge in [-0.15, -0.1) is 5.06 Å². The third-order valence-electron chi connectivity index (χ3n) is 5.42. The summed E-state index contributed by atoms with van der Waals surface area (Å²) >= 11 is 0. The Morgan fingerprint density at radius 3 is 1.61 bits per heavy atom. The Morgan fingerprint density at radius 1 is 0.705 bits per heavy atom. The molecule has 1 aliphatic heterocycles. The van der Waals surface area contributed by atoms with E-state index in [2.05, 4.69) is 16.0 Å². The van der Waals surface area contributed by atoms with Crippen molar-refractivity contribution in [3.05, 3.63) is 0 Å². The largest absolute Gasteiger partial charge is 0.460 e. The molecule has 2 unspecified atom stereocenters. The van der Waals surface area contributed by atoms with Gasteiger partial charge in [0.1, 0.15) is 28.9 Å². The van der Waals surface area contributed by atoms with Crippen LogP contribution in [0.4, 0.5) is 9.59 Å². The van der Waals surface area contributed by atoms with Crippen LogP contribution in [0.25, 0.3) is 0 Å². The fourth-order valence-electron chi connectivity index (χ4n) is 3.69. The van der Waals surface area contributed by atoms with Crippen molar-refractivity contribution in [2.45, 2.75) is 136 Å². The molecule has 1 heterocycles. The van der Waals surface area contributed by atoms with E-state index in [4.69, 9.17) is 19.0 Å². The number of hydroxylamine groups is 2. The highest BCUT2D eigenvalue weighted by atomic mass is 16.7. The molecule has 3 N–H and O–H groups in total. The first kappa shape index (κ1) is 38.1. The lowest BCUT2D eigenvalue weighted by Gasteiger charge is -2.27. The number of nitrogens with one attached hydrogen (secondary N) is 3. The molecule has 1 aliphatic rings. The Labute approximate surface area is 258 Å². The summed E-state index contributed by atoms with van der Waals surface area (Å²) in [5.74, 6) is -3.24. The molecule has 0 saturated carbocycles. The van der Waals surface area contributed by atoms with E-state index in [9.17, 15) is 33.6 Å². The van der Waals surface area contributed by atoms with E-state index in [0.717, 1.165) is 0 Å². The number of rotatable bonds is 13. The van der Waals surface area contributed by atoms with Gasteiger partial charge in [0.2, 0.25) is 0 Å². The molecule has 44 heavy (non-hydrogen) atoms. The van der Waals surface area contributed by atoms with Crippen molar-refractivity contribution in [2.75, 3.05) is 6.54 Å². The van der Waals surface area contributed by atoms with E-state index in [1.54, 1.807) is 62.3 Å². The number of urea groups is 1. The molecule has 5 amide bonds. The quantitative estimate of drug-likeness (QED) is 0.117. The maximum absolute atomic E-state index is 13.0. The predicted octanol–water partition coefficient (Wildman–Crippen LogP) is 2.79. The van der Waals surface area contributed by atoms with Crippen molar-refractivity contribution in [3.8, 4) is 0 Å². The van der Waals surface area contributed by atoms with Gasteiger partial charge in [-0.2, -0.15) is 0 Å². The maximum atomic E-state index is 13.0. The van der Waals surface area contributed by atoms with Crippen molar-refractivity contribution in [1.29, 1.82) is 0 Å². The SMILES string of the molecule is CC(C)(C)OC(=O)CCC(NC(=O)NC(CCCCNC(=O)ON1C(=O)CCC1=O)C(=O)OC(C)(C)C)C(=O)OC(C)(C)C. The number of imide groups is 1. The topological polar surface area (TPSA) is 196 Å². The lowest BCUT2D eigenvalue weighted by atomic mass is 10.1. The molecule has 0 bridgehead atoms. The number of nitrogens with zero attached hydrogens (tertiary/aromatic N) is 1. The lowest BCUT2D eigenvalue weighted by molar-refractivity contribution is -0.171. The molecule has 0 aromatic carbocycles. The Balaban J connectivity index is 2.81. The summed E-state index contributed by atoms with van der Waals surface area (Å²) in [4.78, 5) is 90.8. The smallest absolute Gasteiger partial charge is 0.432 e. The molecule has 1 saturated heterocycles. The van der Waals surface area contributed by atoms with Gasteiger partial charge in [0.25, 0.3) is 11.8 Å². The summed E-state index contributed by atoms with van der Waals surface area (Å²) in [6.45, 7) is 15.2. The summed E-state index contributed by atoms with van der Waals surface area (Å²) in [7, 11) is 0. The number of hydrogen-bond donors (Lipinski definition) is 3. The average Bonchev–Trinajstić information content (AvgIpc) is 3.14. The number of carbonyl (C=O) groups is 7. The van der Waals surface area contributed by atoms with Crippen LogP contribution in [0.5, 0.6) is 0 Å². The predicted molar refractivity (Wildman–Crippen MR) is 155 cm³/mol. The average molecular weight is 629 g/mol. The van der Waals surface area contributed by atoms with E-state index in [1.807, 2.05) is 0 Å². The molecular weight excluding hydrogens is 580 g/mol. The monoisotopic (exact) mass is 628 g/mol. The minimum atomic E-state index is -1.22. The van der Waals surface area contributed by atoms with E-state index in [0.29, 0.717) is 17.9 Å². The van der Waals surface area contributed by atoms with Gasteiger partial charge in [0.05, 0.1) is 0 Å². The fraction of sp³-hybridized carbons (Fsp3) is 0.759. The van der Waals surface area contributed by atoms with Gasteiger partial charge in [-0.05, 0) is 88.0 Å². The molecular formula is C29H48N4O11. The number of esters is 3. The van der Waals surface area contributed by atoms with Gasteiger partial charge < -0.3 is 35.0 Å². The van der Waals surface area contributed by atoms with Gasteiger partial charge >= 0.3 is 30.0 Å². The molecule has 0 radical (unpaired) electrons. The van der Waals surface area contributed by atoms with Crippen LogP contribution in [-0.2, 0) is 43.0 Å². The van der Waals surface area contributed by atoms with Crippen molar-refractivity contribution in [3.63, 3.8) is 0 Å². The highest BCUT2D eigenvalue weighted by molar-refractivity contribution is 6.01. The van der Waals surface area contributed by atoms with Crippen LogP contribution in [-0.4, -0.2) is 82.3 Å². The molecule has 0 aromatic rings. The number of unbranched alkanes of at least 4 members (excludes halogenated alkanes) is 1. The third kappa shape index (κ3) is 16.1. The standard InChI is InChI=1S/C29H48N4O11/c1-27(2,3)41-22(36)16-13-19(24(38)43-29(7,8)9)32-25(39)31-18(23(37)42-28(4,5)6)12-10-11-17-30-26(40)44-33-20(34)14-15-21(33)35/h18-19H,10-17H2,1-9H3,(H,30,40)(H2,31,32,39). The van der Waals surface area contributed by atoms with E-state index < -0.39 is 70.7 Å². The lowest BCUT2D eigenvalue weighted by Crippen LogP contribution is -2.53. The number of hydrogen-bond acceptors (Lipinski definition) is 11. The van der Waals surface area contributed by atoms with Crippen LogP contribution in [0.15, 0.2) is 0 Å². The zero-order valence-electron chi connectivity index (χ0n) is 27.2. The summed E-state index contributed by atoms with van der Waals surface area (Å²) < 4.78 is 16.1. The summed E-state index contributed by atoms with van der Waals surface area (Å²) in [5, 5.41) is 7.86. The summed E-state index contributed by atoms with van der Waals surface area (Å²) in [5.41, 5.74) is -2.44. The Hall–Kier alpha value is -3.91. The molecule has 250 valence electrons. The highest BCUT2D eigenvalue weighted by Crippen LogP contribution is 2.15. The molecule has 15 nitrogen and oxygen atoms in total. The van der Waals surface area contributed by atoms with Crippen LogP contribution in [0.2, 0.25) is 0 Å². The minimum absolute atomic E-state index is 0.0268. The molecule has 0 aliphatic carbocycles. The number of ether oxygens (including phenoxy) is 3. The first-order chi connectivity index (χ1) is 20.1. The molecule has 2 atom stereocenters. The molecule has 15 heteroatoms. The van der Waals surface area contributed by atoms with Gasteiger partial charge in [-0.25, -0.2) is 19.2 Å². The second kappa shape index (κ2) is 16.2.